The van der Waals surface area contributed by atoms with E-state index in [4.69, 9.17) is 5.84 Å². The van der Waals surface area contributed by atoms with Crippen LogP contribution in [0.5, 0.6) is 0 Å². The highest BCUT2D eigenvalue weighted by atomic mass is 19.1. The first kappa shape index (κ1) is 12.4. The standard InChI is InChI=1S/C11H17FN4/c1-3-8-14-11(15-13)16(2)10-7-5-4-6-9(10)12/h4-7H,3,8,13H2,1-2H3,(H,14,15). The first-order valence-corrected chi connectivity index (χ1v) is 5.20. The summed E-state index contributed by atoms with van der Waals surface area (Å²) < 4.78 is 13.5. The summed E-state index contributed by atoms with van der Waals surface area (Å²) in [6.07, 6.45) is 0.913. The predicted octanol–water partition coefficient (Wildman–Crippen LogP) is 1.49. The molecule has 4 nitrogen and oxygen atoms in total. The predicted molar refractivity (Wildman–Crippen MR) is 64.7 cm³/mol. The van der Waals surface area contributed by atoms with Gasteiger partial charge in [-0.3, -0.25) is 10.4 Å². The summed E-state index contributed by atoms with van der Waals surface area (Å²) in [5.74, 6) is 5.51. The van der Waals surface area contributed by atoms with Gasteiger partial charge in [-0.25, -0.2) is 10.2 Å². The van der Waals surface area contributed by atoms with Crippen LogP contribution in [0.15, 0.2) is 29.3 Å². The lowest BCUT2D eigenvalue weighted by molar-refractivity contribution is 0.627. The second-order valence-electron chi connectivity index (χ2n) is 3.36. The van der Waals surface area contributed by atoms with Gasteiger partial charge in [0.25, 0.3) is 0 Å². The number of benzene rings is 1. The number of nitrogens with one attached hydrogen (secondary N) is 1. The molecule has 0 aliphatic heterocycles. The van der Waals surface area contributed by atoms with Crippen molar-refractivity contribution < 1.29 is 4.39 Å². The van der Waals surface area contributed by atoms with Crippen molar-refractivity contribution >= 4 is 11.6 Å². The molecule has 0 amide bonds. The fourth-order valence-electron chi connectivity index (χ4n) is 1.30. The van der Waals surface area contributed by atoms with E-state index >= 15 is 0 Å². The molecular weight excluding hydrogens is 207 g/mol. The van der Waals surface area contributed by atoms with E-state index in [0.717, 1.165) is 6.42 Å². The lowest BCUT2D eigenvalue weighted by Crippen LogP contribution is -2.43. The molecule has 0 bridgehead atoms. The SMILES string of the molecule is CCCN=C(NN)N(C)c1ccccc1F. The Morgan fingerprint density at radius 1 is 1.50 bits per heavy atom. The number of hydrogen-bond donors (Lipinski definition) is 2. The Balaban J connectivity index is 2.91. The Morgan fingerprint density at radius 2 is 2.19 bits per heavy atom. The van der Waals surface area contributed by atoms with Crippen LogP contribution in [0.3, 0.4) is 0 Å². The highest BCUT2D eigenvalue weighted by Crippen LogP contribution is 2.16. The summed E-state index contributed by atoms with van der Waals surface area (Å²) in [7, 11) is 1.72. The van der Waals surface area contributed by atoms with E-state index < -0.39 is 0 Å². The molecule has 0 atom stereocenters. The molecule has 0 fully saturated rings. The molecule has 1 aromatic rings. The Hall–Kier alpha value is -1.62. The number of rotatable bonds is 3. The van der Waals surface area contributed by atoms with E-state index in [1.165, 1.54) is 6.07 Å². The average molecular weight is 224 g/mol. The number of para-hydroxylation sites is 1. The smallest absolute Gasteiger partial charge is 0.212 e. The van der Waals surface area contributed by atoms with Crippen molar-refractivity contribution in [1.29, 1.82) is 0 Å². The van der Waals surface area contributed by atoms with Gasteiger partial charge in [-0.2, -0.15) is 0 Å². The summed E-state index contributed by atoms with van der Waals surface area (Å²) in [6.45, 7) is 2.67. The molecule has 5 heteroatoms. The third-order valence-electron chi connectivity index (χ3n) is 2.15. The molecule has 3 N–H and O–H groups in total. The second-order valence-corrected chi connectivity index (χ2v) is 3.36. The number of aliphatic imine (C=N–C) groups is 1. The molecule has 0 heterocycles. The van der Waals surface area contributed by atoms with Crippen LogP contribution in [0.25, 0.3) is 0 Å². The van der Waals surface area contributed by atoms with Crippen molar-refractivity contribution in [3.63, 3.8) is 0 Å². The van der Waals surface area contributed by atoms with Gasteiger partial charge in [-0.05, 0) is 18.6 Å². The van der Waals surface area contributed by atoms with Crippen LogP contribution >= 0.6 is 0 Å². The van der Waals surface area contributed by atoms with Crippen molar-refractivity contribution in [3.8, 4) is 0 Å². The molecule has 0 unspecified atom stereocenters. The number of hydrazine groups is 1. The van der Waals surface area contributed by atoms with Gasteiger partial charge in [0, 0.05) is 13.6 Å². The maximum absolute atomic E-state index is 13.5. The van der Waals surface area contributed by atoms with E-state index in [1.54, 1.807) is 30.1 Å². The summed E-state index contributed by atoms with van der Waals surface area (Å²) in [6, 6.07) is 6.49. The number of anilines is 1. The summed E-state index contributed by atoms with van der Waals surface area (Å²) in [5.41, 5.74) is 2.91. The van der Waals surface area contributed by atoms with Gasteiger partial charge in [0.2, 0.25) is 5.96 Å². The topological polar surface area (TPSA) is 53.6 Å². The molecule has 1 rings (SSSR count). The molecule has 0 saturated heterocycles. The Bertz CT molecular complexity index is 365. The lowest BCUT2D eigenvalue weighted by Gasteiger charge is -2.21. The monoisotopic (exact) mass is 224 g/mol. The summed E-state index contributed by atoms with van der Waals surface area (Å²) in [5, 5.41) is 0. The number of halogens is 1. The molecule has 0 aromatic heterocycles. The van der Waals surface area contributed by atoms with E-state index in [1.807, 2.05) is 6.92 Å². The van der Waals surface area contributed by atoms with Gasteiger partial charge >= 0.3 is 0 Å². The van der Waals surface area contributed by atoms with Gasteiger partial charge < -0.3 is 4.90 Å². The molecular formula is C11H17FN4. The van der Waals surface area contributed by atoms with Gasteiger partial charge in [-0.15, -0.1) is 0 Å². The van der Waals surface area contributed by atoms with E-state index in [0.29, 0.717) is 18.2 Å². The minimum absolute atomic E-state index is 0.301. The fourth-order valence-corrected chi connectivity index (χ4v) is 1.30. The number of nitrogens with two attached hydrogens (primary N) is 1. The zero-order valence-corrected chi connectivity index (χ0v) is 9.57. The molecule has 88 valence electrons. The van der Waals surface area contributed by atoms with Crippen LogP contribution in [0.1, 0.15) is 13.3 Å². The van der Waals surface area contributed by atoms with Crippen LogP contribution in [0, 0.1) is 5.82 Å². The molecule has 0 spiro atoms. The van der Waals surface area contributed by atoms with Gasteiger partial charge in [0.1, 0.15) is 5.82 Å². The maximum atomic E-state index is 13.5. The molecule has 16 heavy (non-hydrogen) atoms. The highest BCUT2D eigenvalue weighted by molar-refractivity contribution is 5.95. The largest absolute Gasteiger partial charge is 0.312 e. The minimum Gasteiger partial charge on any atom is -0.312 e. The third kappa shape index (κ3) is 2.93. The first-order valence-electron chi connectivity index (χ1n) is 5.20. The molecule has 0 saturated carbocycles. The van der Waals surface area contributed by atoms with E-state index in [2.05, 4.69) is 10.4 Å². The fraction of sp³-hybridized carbons (Fsp3) is 0.364. The molecule has 1 aromatic carbocycles. The van der Waals surface area contributed by atoms with Crippen molar-refractivity contribution in [3.05, 3.63) is 30.1 Å². The number of hydrogen-bond acceptors (Lipinski definition) is 2. The first-order chi connectivity index (χ1) is 7.70. The van der Waals surface area contributed by atoms with Crippen LogP contribution in [-0.2, 0) is 0 Å². The van der Waals surface area contributed by atoms with Crippen molar-refractivity contribution in [1.82, 2.24) is 5.43 Å². The highest BCUT2D eigenvalue weighted by Gasteiger charge is 2.10. The average Bonchev–Trinajstić information content (AvgIpc) is 2.30. The van der Waals surface area contributed by atoms with E-state index in [9.17, 15) is 4.39 Å². The van der Waals surface area contributed by atoms with Crippen LogP contribution in [-0.4, -0.2) is 19.6 Å². The van der Waals surface area contributed by atoms with Crippen LogP contribution in [0.4, 0.5) is 10.1 Å². The molecule has 0 aliphatic rings. The van der Waals surface area contributed by atoms with Gasteiger partial charge in [-0.1, -0.05) is 19.1 Å². The van der Waals surface area contributed by atoms with Crippen LogP contribution < -0.4 is 16.2 Å². The minimum atomic E-state index is -0.301. The zero-order valence-electron chi connectivity index (χ0n) is 9.57. The zero-order chi connectivity index (χ0) is 12.0. The van der Waals surface area contributed by atoms with Gasteiger partial charge in [0.15, 0.2) is 0 Å². The Morgan fingerprint density at radius 3 is 2.75 bits per heavy atom. The molecule has 0 radical (unpaired) electrons. The van der Waals surface area contributed by atoms with Crippen LogP contribution in [0.2, 0.25) is 0 Å². The number of nitrogens with zero attached hydrogens (tertiary/aromatic N) is 2. The van der Waals surface area contributed by atoms with Gasteiger partial charge in [0.05, 0.1) is 5.69 Å². The quantitative estimate of drug-likeness (QED) is 0.354. The third-order valence-corrected chi connectivity index (χ3v) is 2.15. The summed E-state index contributed by atoms with van der Waals surface area (Å²) >= 11 is 0. The van der Waals surface area contributed by atoms with Crippen molar-refractivity contribution in [2.75, 3.05) is 18.5 Å². The lowest BCUT2D eigenvalue weighted by atomic mass is 10.3. The second kappa shape index (κ2) is 6.07. The number of guanidine groups is 1. The Kier molecular flexibility index (Phi) is 4.72. The summed E-state index contributed by atoms with van der Waals surface area (Å²) in [4.78, 5) is 5.81. The van der Waals surface area contributed by atoms with Crippen molar-refractivity contribution in [2.24, 2.45) is 10.8 Å². The maximum Gasteiger partial charge on any atom is 0.212 e. The Labute approximate surface area is 94.9 Å². The normalized spacial score (nSPS) is 11.4. The van der Waals surface area contributed by atoms with Crippen molar-refractivity contribution in [2.45, 2.75) is 13.3 Å². The van der Waals surface area contributed by atoms with E-state index in [-0.39, 0.29) is 5.82 Å². The molecule has 0 aliphatic carbocycles.